The predicted octanol–water partition coefficient (Wildman–Crippen LogP) is 3.01. The quantitative estimate of drug-likeness (QED) is 0.349. The Kier molecular flexibility index (Phi) is 11.5. The molecule has 0 spiro atoms. The lowest BCUT2D eigenvalue weighted by Gasteiger charge is -2.10. The fraction of sp³-hybridized carbons (Fsp3) is 0.765. The van der Waals surface area contributed by atoms with Crippen LogP contribution in [0.5, 0.6) is 0 Å². The average Bonchev–Trinajstić information content (AvgIpc) is 3.02. The Hall–Kier alpha value is -1.14. The number of nitrogens with zero attached hydrogens (tertiary/aromatic N) is 2. The number of thiazole rings is 1. The van der Waals surface area contributed by atoms with Crippen LogP contribution in [0.1, 0.15) is 50.7 Å². The minimum Gasteiger partial charge on any atom is -0.381 e. The van der Waals surface area contributed by atoms with Crippen molar-refractivity contribution in [3.8, 4) is 0 Å². The molecule has 0 radical (unpaired) electrons. The number of aromatic nitrogens is 1. The van der Waals surface area contributed by atoms with E-state index in [4.69, 9.17) is 4.74 Å². The summed E-state index contributed by atoms with van der Waals surface area (Å²) >= 11 is 1.74. The predicted molar refractivity (Wildman–Crippen MR) is 99.5 cm³/mol. The molecule has 1 heterocycles. The lowest BCUT2D eigenvalue weighted by Crippen LogP contribution is -2.38. The first-order valence-electron chi connectivity index (χ1n) is 8.83. The van der Waals surface area contributed by atoms with E-state index in [1.807, 2.05) is 0 Å². The lowest BCUT2D eigenvalue weighted by molar-refractivity contribution is 0.130. The molecule has 1 aromatic rings. The van der Waals surface area contributed by atoms with Gasteiger partial charge in [-0.1, -0.05) is 20.3 Å². The highest BCUT2D eigenvalue weighted by molar-refractivity contribution is 7.09. The number of rotatable bonds is 12. The van der Waals surface area contributed by atoms with Gasteiger partial charge in [-0.15, -0.1) is 11.3 Å². The summed E-state index contributed by atoms with van der Waals surface area (Å²) in [6.45, 7) is 10.6. The Morgan fingerprint density at radius 2 is 2.04 bits per heavy atom. The summed E-state index contributed by atoms with van der Waals surface area (Å²) in [7, 11) is 0. The van der Waals surface area contributed by atoms with Crippen molar-refractivity contribution in [3.63, 3.8) is 0 Å². The van der Waals surface area contributed by atoms with Crippen molar-refractivity contribution in [1.82, 2.24) is 15.6 Å². The van der Waals surface area contributed by atoms with Gasteiger partial charge in [0.1, 0.15) is 0 Å². The van der Waals surface area contributed by atoms with Crippen LogP contribution >= 0.6 is 11.3 Å². The van der Waals surface area contributed by atoms with Crippen LogP contribution in [0.15, 0.2) is 10.4 Å². The second-order valence-electron chi connectivity index (χ2n) is 5.34. The van der Waals surface area contributed by atoms with Gasteiger partial charge in [0.2, 0.25) is 0 Å². The zero-order valence-electron chi connectivity index (χ0n) is 14.9. The fourth-order valence-corrected chi connectivity index (χ4v) is 2.76. The molecule has 6 heteroatoms. The highest BCUT2D eigenvalue weighted by Crippen LogP contribution is 2.10. The van der Waals surface area contributed by atoms with E-state index in [0.717, 1.165) is 64.5 Å². The minimum atomic E-state index is 0.790. The van der Waals surface area contributed by atoms with Gasteiger partial charge in [0, 0.05) is 44.6 Å². The molecule has 0 aromatic carbocycles. The molecule has 23 heavy (non-hydrogen) atoms. The van der Waals surface area contributed by atoms with Crippen LogP contribution in [0.25, 0.3) is 0 Å². The monoisotopic (exact) mass is 340 g/mol. The molecule has 2 N–H and O–H groups in total. The van der Waals surface area contributed by atoms with Crippen LogP contribution in [-0.4, -0.2) is 43.8 Å². The van der Waals surface area contributed by atoms with E-state index >= 15 is 0 Å². The third-order valence-electron chi connectivity index (χ3n) is 3.28. The number of guanidine groups is 1. The Morgan fingerprint density at radius 3 is 2.74 bits per heavy atom. The summed E-state index contributed by atoms with van der Waals surface area (Å²) < 4.78 is 5.55. The molecular formula is C17H32N4OS. The summed E-state index contributed by atoms with van der Waals surface area (Å²) in [5.41, 5.74) is 1.17. The molecule has 0 unspecified atom stereocenters. The molecule has 0 bridgehead atoms. The molecule has 5 nitrogen and oxygen atoms in total. The summed E-state index contributed by atoms with van der Waals surface area (Å²) in [5, 5.41) is 10.0. The highest BCUT2D eigenvalue weighted by atomic mass is 32.1. The molecule has 132 valence electrons. The van der Waals surface area contributed by atoms with E-state index in [9.17, 15) is 0 Å². The molecule has 0 aliphatic heterocycles. The molecule has 0 fully saturated rings. The number of aliphatic imine (C=N–C) groups is 1. The largest absolute Gasteiger partial charge is 0.381 e. The van der Waals surface area contributed by atoms with Gasteiger partial charge in [0.05, 0.1) is 10.7 Å². The first-order valence-corrected chi connectivity index (χ1v) is 9.71. The first-order chi connectivity index (χ1) is 11.3. The lowest BCUT2D eigenvalue weighted by atomic mass is 10.3. The zero-order chi connectivity index (χ0) is 16.8. The van der Waals surface area contributed by atoms with Gasteiger partial charge in [0.15, 0.2) is 5.96 Å². The van der Waals surface area contributed by atoms with Crippen LogP contribution in [0.4, 0.5) is 0 Å². The fourth-order valence-electron chi connectivity index (χ4n) is 1.98. The molecule has 0 saturated carbocycles. The van der Waals surface area contributed by atoms with Gasteiger partial charge in [-0.3, -0.25) is 4.99 Å². The Labute approximate surface area is 145 Å². The van der Waals surface area contributed by atoms with Gasteiger partial charge in [-0.05, 0) is 26.2 Å². The number of unbranched alkanes of at least 4 members (excludes halogenated alkanes) is 1. The molecule has 0 aliphatic rings. The van der Waals surface area contributed by atoms with E-state index < -0.39 is 0 Å². The van der Waals surface area contributed by atoms with Gasteiger partial charge in [-0.25, -0.2) is 4.98 Å². The van der Waals surface area contributed by atoms with Crippen molar-refractivity contribution in [3.05, 3.63) is 16.1 Å². The number of hydrogen-bond acceptors (Lipinski definition) is 4. The topological polar surface area (TPSA) is 58.5 Å². The Morgan fingerprint density at radius 1 is 1.22 bits per heavy atom. The molecule has 1 rings (SSSR count). The summed E-state index contributed by atoms with van der Waals surface area (Å²) in [6, 6.07) is 0. The SMILES string of the molecule is CCCCOCCCN=C(NCC)NCCc1csc(CC)n1. The average molecular weight is 341 g/mol. The van der Waals surface area contributed by atoms with Crippen LogP contribution < -0.4 is 10.6 Å². The van der Waals surface area contributed by atoms with Gasteiger partial charge < -0.3 is 15.4 Å². The minimum absolute atomic E-state index is 0.790. The maximum absolute atomic E-state index is 5.55. The van der Waals surface area contributed by atoms with Crippen molar-refractivity contribution in [2.24, 2.45) is 4.99 Å². The second-order valence-corrected chi connectivity index (χ2v) is 6.29. The normalized spacial score (nSPS) is 11.7. The van der Waals surface area contributed by atoms with E-state index in [1.165, 1.54) is 17.1 Å². The van der Waals surface area contributed by atoms with Crippen LogP contribution in [-0.2, 0) is 17.6 Å². The van der Waals surface area contributed by atoms with Crippen LogP contribution in [0.2, 0.25) is 0 Å². The third-order valence-corrected chi connectivity index (χ3v) is 4.32. The van der Waals surface area contributed by atoms with E-state index in [-0.39, 0.29) is 0 Å². The molecule has 0 aliphatic carbocycles. The van der Waals surface area contributed by atoms with E-state index in [0.29, 0.717) is 0 Å². The van der Waals surface area contributed by atoms with E-state index in [2.05, 4.69) is 46.8 Å². The summed E-state index contributed by atoms with van der Waals surface area (Å²) in [4.78, 5) is 9.16. The van der Waals surface area contributed by atoms with Crippen LogP contribution in [0.3, 0.4) is 0 Å². The zero-order valence-corrected chi connectivity index (χ0v) is 15.7. The van der Waals surface area contributed by atoms with Crippen molar-refractivity contribution >= 4 is 17.3 Å². The number of ether oxygens (including phenoxy) is 1. The number of aryl methyl sites for hydroxylation is 1. The molecular weight excluding hydrogens is 308 g/mol. The molecule has 1 aromatic heterocycles. The van der Waals surface area contributed by atoms with E-state index in [1.54, 1.807) is 11.3 Å². The summed E-state index contributed by atoms with van der Waals surface area (Å²) in [6.07, 6.45) is 5.24. The van der Waals surface area contributed by atoms with Crippen LogP contribution in [0, 0.1) is 0 Å². The first kappa shape index (κ1) is 19.9. The van der Waals surface area contributed by atoms with Crippen molar-refractivity contribution in [1.29, 1.82) is 0 Å². The maximum atomic E-state index is 5.55. The smallest absolute Gasteiger partial charge is 0.191 e. The Bertz CT molecular complexity index is 434. The van der Waals surface area contributed by atoms with Gasteiger partial charge in [-0.2, -0.15) is 0 Å². The number of hydrogen-bond donors (Lipinski definition) is 2. The standard InChI is InChI=1S/C17H32N4OS/c1-4-7-12-22-13-8-10-19-17(18-6-3)20-11-9-15-14-23-16(5-2)21-15/h14H,4-13H2,1-3H3,(H2,18,19,20). The molecule has 0 atom stereocenters. The third kappa shape index (κ3) is 9.56. The summed E-state index contributed by atoms with van der Waals surface area (Å²) in [5.74, 6) is 0.881. The van der Waals surface area contributed by atoms with Crippen molar-refractivity contribution in [2.75, 3.05) is 32.8 Å². The maximum Gasteiger partial charge on any atom is 0.191 e. The van der Waals surface area contributed by atoms with Gasteiger partial charge in [0.25, 0.3) is 0 Å². The van der Waals surface area contributed by atoms with Crippen molar-refractivity contribution in [2.45, 2.75) is 52.9 Å². The number of nitrogens with one attached hydrogen (secondary N) is 2. The van der Waals surface area contributed by atoms with Crippen molar-refractivity contribution < 1.29 is 4.74 Å². The second kappa shape index (κ2) is 13.3. The molecule has 0 amide bonds. The molecule has 0 saturated heterocycles. The Balaban J connectivity index is 2.20. The highest BCUT2D eigenvalue weighted by Gasteiger charge is 2.01. The van der Waals surface area contributed by atoms with Gasteiger partial charge >= 0.3 is 0 Å².